The molecule has 2 heteroatoms. The Morgan fingerprint density at radius 1 is 1.06 bits per heavy atom. The van der Waals surface area contributed by atoms with Gasteiger partial charge in [0.25, 0.3) is 0 Å². The highest BCUT2D eigenvalue weighted by Gasteiger charge is 2.03. The van der Waals surface area contributed by atoms with Gasteiger partial charge in [-0.3, -0.25) is 0 Å². The third kappa shape index (κ3) is 5.10. The van der Waals surface area contributed by atoms with E-state index in [9.17, 15) is 0 Å². The highest BCUT2D eigenvalue weighted by molar-refractivity contribution is 6.31. The molecule has 0 saturated carbocycles. The standard InChI is InChI=1S/C15H24ClN/c1-4-8-17-9-6-5-7-14-10-12(2)13(3)11-15(14)16/h10-11,17H,4-9H2,1-3H3. The molecule has 0 radical (unpaired) electrons. The third-order valence-corrected chi connectivity index (χ3v) is 3.49. The molecule has 0 bridgehead atoms. The molecule has 1 rings (SSSR count). The molecule has 0 aliphatic heterocycles. The van der Waals surface area contributed by atoms with E-state index < -0.39 is 0 Å². The number of benzene rings is 1. The van der Waals surface area contributed by atoms with Crippen molar-refractivity contribution >= 4 is 11.6 Å². The Hall–Kier alpha value is -0.530. The minimum Gasteiger partial charge on any atom is -0.317 e. The summed E-state index contributed by atoms with van der Waals surface area (Å²) in [7, 11) is 0. The van der Waals surface area contributed by atoms with Crippen molar-refractivity contribution in [1.82, 2.24) is 5.32 Å². The molecule has 0 unspecified atom stereocenters. The molecule has 0 aliphatic carbocycles. The maximum atomic E-state index is 6.25. The molecule has 0 spiro atoms. The summed E-state index contributed by atoms with van der Waals surface area (Å²) in [6, 6.07) is 4.32. The Morgan fingerprint density at radius 2 is 1.76 bits per heavy atom. The van der Waals surface area contributed by atoms with E-state index in [-0.39, 0.29) is 0 Å². The van der Waals surface area contributed by atoms with Gasteiger partial charge in [-0.2, -0.15) is 0 Å². The van der Waals surface area contributed by atoms with E-state index >= 15 is 0 Å². The number of hydrogen-bond donors (Lipinski definition) is 1. The van der Waals surface area contributed by atoms with Gasteiger partial charge in [-0.25, -0.2) is 0 Å². The van der Waals surface area contributed by atoms with Crippen molar-refractivity contribution in [3.63, 3.8) is 0 Å². The SMILES string of the molecule is CCCNCCCCc1cc(C)c(C)cc1Cl. The summed E-state index contributed by atoms with van der Waals surface area (Å²) in [5.41, 5.74) is 3.92. The van der Waals surface area contributed by atoms with E-state index in [4.69, 9.17) is 11.6 Å². The molecule has 0 saturated heterocycles. The summed E-state index contributed by atoms with van der Waals surface area (Å²) >= 11 is 6.25. The highest BCUT2D eigenvalue weighted by Crippen LogP contribution is 2.22. The van der Waals surface area contributed by atoms with Gasteiger partial charge in [0.15, 0.2) is 0 Å². The van der Waals surface area contributed by atoms with Gasteiger partial charge in [-0.05, 0) is 75.4 Å². The average Bonchev–Trinajstić information content (AvgIpc) is 2.30. The van der Waals surface area contributed by atoms with Crippen LogP contribution in [-0.4, -0.2) is 13.1 Å². The van der Waals surface area contributed by atoms with Gasteiger partial charge in [-0.15, -0.1) is 0 Å². The Labute approximate surface area is 111 Å². The summed E-state index contributed by atoms with van der Waals surface area (Å²) in [6.45, 7) is 8.71. The van der Waals surface area contributed by atoms with Gasteiger partial charge in [0.05, 0.1) is 0 Å². The molecule has 1 aromatic rings. The fourth-order valence-corrected chi connectivity index (χ4v) is 2.21. The first-order chi connectivity index (χ1) is 8.15. The lowest BCUT2D eigenvalue weighted by molar-refractivity contribution is 0.617. The van der Waals surface area contributed by atoms with Crippen LogP contribution >= 0.6 is 11.6 Å². The van der Waals surface area contributed by atoms with Crippen molar-refractivity contribution in [2.45, 2.75) is 46.5 Å². The fourth-order valence-electron chi connectivity index (χ4n) is 1.90. The van der Waals surface area contributed by atoms with Crippen LogP contribution in [0.5, 0.6) is 0 Å². The second kappa shape index (κ2) is 7.73. The third-order valence-electron chi connectivity index (χ3n) is 3.14. The van der Waals surface area contributed by atoms with Crippen molar-refractivity contribution < 1.29 is 0 Å². The first-order valence-electron chi connectivity index (χ1n) is 6.61. The molecule has 1 N–H and O–H groups in total. The van der Waals surface area contributed by atoms with E-state index in [1.165, 1.54) is 36.0 Å². The predicted molar refractivity (Wildman–Crippen MR) is 77.0 cm³/mol. The Balaban J connectivity index is 2.34. The fraction of sp³-hybridized carbons (Fsp3) is 0.600. The summed E-state index contributed by atoms with van der Waals surface area (Å²) in [5, 5.41) is 4.35. The van der Waals surface area contributed by atoms with E-state index in [0.717, 1.165) is 24.5 Å². The smallest absolute Gasteiger partial charge is 0.0440 e. The summed E-state index contributed by atoms with van der Waals surface area (Å²) in [6.07, 6.45) is 4.74. The quantitative estimate of drug-likeness (QED) is 0.716. The lowest BCUT2D eigenvalue weighted by Crippen LogP contribution is -2.15. The lowest BCUT2D eigenvalue weighted by Gasteiger charge is -2.08. The van der Waals surface area contributed by atoms with Gasteiger partial charge in [-0.1, -0.05) is 24.6 Å². The van der Waals surface area contributed by atoms with E-state index in [2.05, 4.69) is 38.2 Å². The van der Waals surface area contributed by atoms with Crippen molar-refractivity contribution in [2.24, 2.45) is 0 Å². The van der Waals surface area contributed by atoms with Gasteiger partial charge in [0.2, 0.25) is 0 Å². The minimum absolute atomic E-state index is 0.926. The van der Waals surface area contributed by atoms with E-state index in [1.54, 1.807) is 0 Å². The zero-order valence-corrected chi connectivity index (χ0v) is 12.0. The maximum Gasteiger partial charge on any atom is 0.0440 e. The van der Waals surface area contributed by atoms with Gasteiger partial charge in [0, 0.05) is 5.02 Å². The minimum atomic E-state index is 0.926. The van der Waals surface area contributed by atoms with Crippen molar-refractivity contribution in [3.05, 3.63) is 33.8 Å². The van der Waals surface area contributed by atoms with Crippen LogP contribution in [0.25, 0.3) is 0 Å². The molecule has 0 fully saturated rings. The summed E-state index contributed by atoms with van der Waals surface area (Å²) in [4.78, 5) is 0. The normalized spacial score (nSPS) is 10.8. The number of aryl methyl sites for hydroxylation is 3. The van der Waals surface area contributed by atoms with Crippen molar-refractivity contribution in [3.8, 4) is 0 Å². The monoisotopic (exact) mass is 253 g/mol. The van der Waals surface area contributed by atoms with Crippen LogP contribution < -0.4 is 5.32 Å². The van der Waals surface area contributed by atoms with Crippen LogP contribution in [0.1, 0.15) is 42.9 Å². The molecule has 0 aromatic heterocycles. The van der Waals surface area contributed by atoms with Crippen LogP contribution in [0.2, 0.25) is 5.02 Å². The summed E-state index contributed by atoms with van der Waals surface area (Å²) < 4.78 is 0. The molecule has 0 atom stereocenters. The molecule has 1 nitrogen and oxygen atoms in total. The lowest BCUT2D eigenvalue weighted by atomic mass is 10.0. The molecule has 1 aromatic carbocycles. The number of nitrogens with one attached hydrogen (secondary N) is 1. The summed E-state index contributed by atoms with van der Waals surface area (Å²) in [5.74, 6) is 0. The Bertz CT molecular complexity index is 347. The van der Waals surface area contributed by atoms with Crippen LogP contribution in [-0.2, 0) is 6.42 Å². The molecule has 17 heavy (non-hydrogen) atoms. The van der Waals surface area contributed by atoms with Crippen molar-refractivity contribution in [2.75, 3.05) is 13.1 Å². The van der Waals surface area contributed by atoms with Crippen molar-refractivity contribution in [1.29, 1.82) is 0 Å². The van der Waals surface area contributed by atoms with Gasteiger partial charge in [0.1, 0.15) is 0 Å². The molecule has 96 valence electrons. The zero-order valence-electron chi connectivity index (χ0n) is 11.3. The molecule has 0 amide bonds. The topological polar surface area (TPSA) is 12.0 Å². The second-order valence-corrected chi connectivity index (χ2v) is 5.14. The number of halogens is 1. The first-order valence-corrected chi connectivity index (χ1v) is 6.99. The van der Waals surface area contributed by atoms with Crippen LogP contribution in [0, 0.1) is 13.8 Å². The predicted octanol–water partition coefficient (Wildman–Crippen LogP) is 4.28. The highest BCUT2D eigenvalue weighted by atomic mass is 35.5. The van der Waals surface area contributed by atoms with E-state index in [0.29, 0.717) is 0 Å². The van der Waals surface area contributed by atoms with Gasteiger partial charge >= 0.3 is 0 Å². The first kappa shape index (κ1) is 14.5. The Morgan fingerprint density at radius 3 is 2.47 bits per heavy atom. The largest absolute Gasteiger partial charge is 0.317 e. The van der Waals surface area contributed by atoms with Crippen LogP contribution in [0.15, 0.2) is 12.1 Å². The van der Waals surface area contributed by atoms with E-state index in [1.807, 2.05) is 0 Å². The second-order valence-electron chi connectivity index (χ2n) is 4.73. The molecular weight excluding hydrogens is 230 g/mol. The van der Waals surface area contributed by atoms with Gasteiger partial charge < -0.3 is 5.32 Å². The van der Waals surface area contributed by atoms with Crippen LogP contribution in [0.4, 0.5) is 0 Å². The molecule has 0 aliphatic rings. The maximum absolute atomic E-state index is 6.25. The molecule has 0 heterocycles. The van der Waals surface area contributed by atoms with Crippen LogP contribution in [0.3, 0.4) is 0 Å². The average molecular weight is 254 g/mol. The number of hydrogen-bond acceptors (Lipinski definition) is 1. The zero-order chi connectivity index (χ0) is 12.7. The molecular formula is C15H24ClN. The number of rotatable bonds is 7. The Kier molecular flexibility index (Phi) is 6.61. The number of unbranched alkanes of at least 4 members (excludes halogenated alkanes) is 1.